The van der Waals surface area contributed by atoms with E-state index < -0.39 is 0 Å². The Bertz CT molecular complexity index is 480. The number of benzene rings is 1. The number of likely N-dealkylation sites (tertiary alicyclic amines) is 1. The molecule has 0 spiro atoms. The van der Waals surface area contributed by atoms with Gasteiger partial charge in [-0.3, -0.25) is 4.79 Å². The van der Waals surface area contributed by atoms with Gasteiger partial charge in [-0.25, -0.2) is 0 Å². The Morgan fingerprint density at radius 3 is 2.48 bits per heavy atom. The van der Waals surface area contributed by atoms with Crippen molar-refractivity contribution in [2.24, 2.45) is 0 Å². The van der Waals surface area contributed by atoms with Crippen LogP contribution in [0.15, 0.2) is 24.3 Å². The summed E-state index contributed by atoms with van der Waals surface area (Å²) < 4.78 is 10.7. The van der Waals surface area contributed by atoms with Gasteiger partial charge in [0.1, 0.15) is 5.75 Å². The molecule has 1 saturated heterocycles. The fourth-order valence-electron chi connectivity index (χ4n) is 2.75. The number of ether oxygens (including phenoxy) is 2. The molecule has 1 N–H and O–H groups in total. The van der Waals surface area contributed by atoms with Gasteiger partial charge in [-0.2, -0.15) is 0 Å². The zero-order valence-corrected chi connectivity index (χ0v) is 14.4. The van der Waals surface area contributed by atoms with Gasteiger partial charge in [-0.15, -0.1) is 0 Å². The van der Waals surface area contributed by atoms with E-state index >= 15 is 0 Å². The second-order valence-electron chi connectivity index (χ2n) is 6.27. The summed E-state index contributed by atoms with van der Waals surface area (Å²) in [6.45, 7) is 7.72. The smallest absolute Gasteiger partial charge is 0.251 e. The lowest BCUT2D eigenvalue weighted by molar-refractivity contribution is 0.0892. The maximum Gasteiger partial charge on any atom is 0.251 e. The second-order valence-corrected chi connectivity index (χ2v) is 6.27. The molecular weight excluding hydrogens is 292 g/mol. The third-order valence-corrected chi connectivity index (χ3v) is 4.02. The van der Waals surface area contributed by atoms with E-state index in [2.05, 4.69) is 10.2 Å². The molecule has 0 bridgehead atoms. The molecule has 0 unspecified atom stereocenters. The minimum atomic E-state index is -0.00330. The molecule has 1 aliphatic heterocycles. The van der Waals surface area contributed by atoms with Gasteiger partial charge in [0.15, 0.2) is 0 Å². The molecule has 1 aromatic carbocycles. The van der Waals surface area contributed by atoms with Crippen LogP contribution in [-0.4, -0.2) is 56.3 Å². The van der Waals surface area contributed by atoms with E-state index in [1.54, 1.807) is 7.11 Å². The first-order valence-corrected chi connectivity index (χ1v) is 8.37. The number of nitrogens with zero attached hydrogens (tertiary/aromatic N) is 1. The molecule has 0 atom stereocenters. The van der Waals surface area contributed by atoms with Crippen molar-refractivity contribution >= 4 is 5.91 Å². The average molecular weight is 320 g/mol. The van der Waals surface area contributed by atoms with Gasteiger partial charge in [0, 0.05) is 38.3 Å². The zero-order chi connectivity index (χ0) is 16.7. The molecular formula is C18H28N2O3. The van der Waals surface area contributed by atoms with Crippen molar-refractivity contribution < 1.29 is 14.3 Å². The van der Waals surface area contributed by atoms with Gasteiger partial charge >= 0.3 is 0 Å². The lowest BCUT2D eigenvalue weighted by Gasteiger charge is -2.32. The Labute approximate surface area is 139 Å². The molecule has 5 nitrogen and oxygen atoms in total. The predicted octanol–water partition coefficient (Wildman–Crippen LogP) is 2.31. The molecule has 1 fully saturated rings. The average Bonchev–Trinajstić information content (AvgIpc) is 2.54. The van der Waals surface area contributed by atoms with E-state index in [4.69, 9.17) is 9.47 Å². The highest BCUT2D eigenvalue weighted by Gasteiger charge is 2.20. The quantitative estimate of drug-likeness (QED) is 0.838. The highest BCUT2D eigenvalue weighted by atomic mass is 16.5. The summed E-state index contributed by atoms with van der Waals surface area (Å²) in [5.74, 6) is 0.791. The summed E-state index contributed by atoms with van der Waals surface area (Å²) in [6, 6.07) is 7.60. The van der Waals surface area contributed by atoms with Gasteiger partial charge in [-0.1, -0.05) is 0 Å². The van der Waals surface area contributed by atoms with Gasteiger partial charge < -0.3 is 19.7 Å². The minimum Gasteiger partial charge on any atom is -0.491 e. The van der Waals surface area contributed by atoms with Crippen LogP contribution in [0.1, 0.15) is 37.0 Å². The zero-order valence-electron chi connectivity index (χ0n) is 14.4. The van der Waals surface area contributed by atoms with Gasteiger partial charge in [0.05, 0.1) is 12.7 Å². The third kappa shape index (κ3) is 5.84. The maximum atomic E-state index is 12.3. The summed E-state index contributed by atoms with van der Waals surface area (Å²) in [7, 11) is 1.73. The Morgan fingerprint density at radius 2 is 1.91 bits per heavy atom. The van der Waals surface area contributed by atoms with Crippen LogP contribution in [0.4, 0.5) is 0 Å². The standard InChI is InChI=1S/C18H28N2O3/c1-14(2)23-17-6-4-15(5-7-17)18(21)19-16-8-10-20(11-9-16)12-13-22-3/h4-7,14,16H,8-13H2,1-3H3,(H,19,21). The summed E-state index contributed by atoms with van der Waals surface area (Å²) in [6.07, 6.45) is 2.12. The SMILES string of the molecule is COCCN1CCC(NC(=O)c2ccc(OC(C)C)cc2)CC1. The number of methoxy groups -OCH3 is 1. The van der Waals surface area contributed by atoms with Gasteiger partial charge in [0.2, 0.25) is 0 Å². The molecule has 1 amide bonds. The van der Waals surface area contributed by atoms with E-state index in [-0.39, 0.29) is 18.1 Å². The third-order valence-electron chi connectivity index (χ3n) is 4.02. The van der Waals surface area contributed by atoms with E-state index in [0.717, 1.165) is 44.8 Å². The van der Waals surface area contributed by atoms with Crippen molar-refractivity contribution in [3.8, 4) is 5.75 Å². The van der Waals surface area contributed by atoms with Crippen LogP contribution in [0, 0.1) is 0 Å². The molecule has 1 aromatic rings. The Hall–Kier alpha value is -1.59. The van der Waals surface area contributed by atoms with Crippen LogP contribution >= 0.6 is 0 Å². The number of amides is 1. The Kier molecular flexibility index (Phi) is 6.86. The first kappa shape index (κ1) is 17.8. The molecule has 128 valence electrons. The fourth-order valence-corrected chi connectivity index (χ4v) is 2.75. The number of hydrogen-bond acceptors (Lipinski definition) is 4. The van der Waals surface area contributed by atoms with Crippen LogP contribution < -0.4 is 10.1 Å². The highest BCUT2D eigenvalue weighted by Crippen LogP contribution is 2.15. The van der Waals surface area contributed by atoms with E-state index in [9.17, 15) is 4.79 Å². The fraction of sp³-hybridized carbons (Fsp3) is 0.611. The second kappa shape index (κ2) is 8.89. The summed E-state index contributed by atoms with van der Waals surface area (Å²) in [5.41, 5.74) is 0.683. The van der Waals surface area contributed by atoms with Crippen molar-refractivity contribution in [3.63, 3.8) is 0 Å². The van der Waals surface area contributed by atoms with Crippen molar-refractivity contribution in [1.29, 1.82) is 0 Å². The molecule has 0 aromatic heterocycles. The number of nitrogens with one attached hydrogen (secondary N) is 1. The molecule has 0 saturated carbocycles. The van der Waals surface area contributed by atoms with Crippen LogP contribution in [0.5, 0.6) is 5.75 Å². The number of carbonyl (C=O) groups excluding carboxylic acids is 1. The summed E-state index contributed by atoms with van der Waals surface area (Å²) >= 11 is 0. The number of rotatable bonds is 7. The highest BCUT2D eigenvalue weighted by molar-refractivity contribution is 5.94. The van der Waals surface area contributed by atoms with E-state index in [1.165, 1.54) is 0 Å². The molecule has 5 heteroatoms. The van der Waals surface area contributed by atoms with Crippen molar-refractivity contribution in [3.05, 3.63) is 29.8 Å². The predicted molar refractivity (Wildman–Crippen MR) is 91.0 cm³/mol. The summed E-state index contributed by atoms with van der Waals surface area (Å²) in [4.78, 5) is 14.7. The lowest BCUT2D eigenvalue weighted by Crippen LogP contribution is -2.45. The first-order valence-electron chi connectivity index (χ1n) is 8.37. The largest absolute Gasteiger partial charge is 0.491 e. The first-order chi connectivity index (χ1) is 11.1. The van der Waals surface area contributed by atoms with Crippen molar-refractivity contribution in [1.82, 2.24) is 10.2 Å². The Morgan fingerprint density at radius 1 is 1.26 bits per heavy atom. The topological polar surface area (TPSA) is 50.8 Å². The molecule has 2 rings (SSSR count). The normalized spacial score (nSPS) is 16.5. The molecule has 1 aliphatic rings. The minimum absolute atomic E-state index is 0.00330. The number of hydrogen-bond donors (Lipinski definition) is 1. The number of piperidine rings is 1. The maximum absolute atomic E-state index is 12.3. The van der Waals surface area contributed by atoms with Gasteiger partial charge in [0.25, 0.3) is 5.91 Å². The van der Waals surface area contributed by atoms with Crippen LogP contribution in [0.3, 0.4) is 0 Å². The van der Waals surface area contributed by atoms with E-state index in [1.807, 2.05) is 38.1 Å². The lowest BCUT2D eigenvalue weighted by atomic mass is 10.0. The van der Waals surface area contributed by atoms with Crippen LogP contribution in [-0.2, 0) is 4.74 Å². The molecule has 1 heterocycles. The molecule has 0 radical (unpaired) electrons. The van der Waals surface area contributed by atoms with Crippen LogP contribution in [0.25, 0.3) is 0 Å². The van der Waals surface area contributed by atoms with Crippen molar-refractivity contribution in [2.75, 3.05) is 33.4 Å². The van der Waals surface area contributed by atoms with E-state index in [0.29, 0.717) is 5.56 Å². The van der Waals surface area contributed by atoms with Gasteiger partial charge in [-0.05, 0) is 51.0 Å². The number of carbonyl (C=O) groups is 1. The van der Waals surface area contributed by atoms with Crippen molar-refractivity contribution in [2.45, 2.75) is 38.8 Å². The Balaban J connectivity index is 1.78. The van der Waals surface area contributed by atoms with Crippen LogP contribution in [0.2, 0.25) is 0 Å². The molecule has 0 aliphatic carbocycles. The summed E-state index contributed by atoms with van der Waals surface area (Å²) in [5, 5.41) is 3.13. The molecule has 23 heavy (non-hydrogen) atoms. The monoisotopic (exact) mass is 320 g/mol.